The maximum absolute atomic E-state index is 13.4. The van der Waals surface area contributed by atoms with E-state index in [4.69, 9.17) is 5.73 Å². The average Bonchev–Trinajstić information content (AvgIpc) is 2.07. The predicted octanol–water partition coefficient (Wildman–Crippen LogP) is 1.98. The summed E-state index contributed by atoms with van der Waals surface area (Å²) in [6.45, 7) is 3.63. The Morgan fingerprint density at radius 1 is 1.38 bits per heavy atom. The first kappa shape index (κ1) is 13.0. The second-order valence-electron chi connectivity index (χ2n) is 4.30. The van der Waals surface area contributed by atoms with E-state index in [1.165, 1.54) is 12.1 Å². The Bertz CT molecular complexity index is 469. The summed E-state index contributed by atoms with van der Waals surface area (Å²) in [6, 6.07) is 4.06. The summed E-state index contributed by atoms with van der Waals surface area (Å²) in [6.07, 6.45) is 0. The number of halogens is 1. The number of benzene rings is 1. The lowest BCUT2D eigenvalue weighted by Crippen LogP contribution is -2.14. The molecule has 0 aliphatic rings. The van der Waals surface area contributed by atoms with Gasteiger partial charge < -0.3 is 5.73 Å². The van der Waals surface area contributed by atoms with Gasteiger partial charge in [-0.1, -0.05) is 19.9 Å². The van der Waals surface area contributed by atoms with E-state index in [1.807, 2.05) is 13.8 Å². The molecule has 3 nitrogen and oxygen atoms in total. The monoisotopic (exact) mass is 245 g/mol. The SMILES string of the molecule is CC(C)CS(=O)(=O)Cc1ccc(N)cc1F. The molecule has 0 unspecified atom stereocenters. The number of nitrogens with two attached hydrogens (primary N) is 1. The van der Waals surface area contributed by atoms with Crippen molar-refractivity contribution in [2.45, 2.75) is 19.6 Å². The zero-order valence-electron chi connectivity index (χ0n) is 9.40. The van der Waals surface area contributed by atoms with Crippen molar-refractivity contribution < 1.29 is 12.8 Å². The topological polar surface area (TPSA) is 60.2 Å². The Hall–Kier alpha value is -1.10. The Labute approximate surface area is 95.4 Å². The summed E-state index contributed by atoms with van der Waals surface area (Å²) in [5, 5.41) is 0. The van der Waals surface area contributed by atoms with Crippen LogP contribution in [0.4, 0.5) is 10.1 Å². The maximum atomic E-state index is 13.4. The number of anilines is 1. The molecule has 0 saturated heterocycles. The van der Waals surface area contributed by atoms with Gasteiger partial charge in [0, 0.05) is 11.3 Å². The molecule has 0 aromatic heterocycles. The van der Waals surface area contributed by atoms with Crippen LogP contribution < -0.4 is 5.73 Å². The highest BCUT2D eigenvalue weighted by Crippen LogP contribution is 2.16. The standard InChI is InChI=1S/C11H16FNO2S/c1-8(2)6-16(14,15)7-9-3-4-10(13)5-11(9)12/h3-5,8H,6-7,13H2,1-2H3. The number of rotatable bonds is 4. The fraction of sp³-hybridized carbons (Fsp3) is 0.455. The third-order valence-corrected chi connectivity index (χ3v) is 3.97. The second kappa shape index (κ2) is 4.82. The van der Waals surface area contributed by atoms with Crippen molar-refractivity contribution in [3.63, 3.8) is 0 Å². The third kappa shape index (κ3) is 3.81. The highest BCUT2D eigenvalue weighted by atomic mass is 32.2. The van der Waals surface area contributed by atoms with Crippen LogP contribution in [-0.4, -0.2) is 14.2 Å². The summed E-state index contributed by atoms with van der Waals surface area (Å²) >= 11 is 0. The molecule has 5 heteroatoms. The van der Waals surface area contributed by atoms with Crippen molar-refractivity contribution in [1.29, 1.82) is 0 Å². The summed E-state index contributed by atoms with van der Waals surface area (Å²) < 4.78 is 36.7. The quantitative estimate of drug-likeness (QED) is 0.825. The number of nitrogen functional groups attached to an aromatic ring is 1. The first-order chi connectivity index (χ1) is 7.30. The molecule has 2 N–H and O–H groups in total. The first-order valence-corrected chi connectivity index (χ1v) is 6.86. The van der Waals surface area contributed by atoms with E-state index in [-0.39, 0.29) is 23.0 Å². The smallest absolute Gasteiger partial charge is 0.154 e. The van der Waals surface area contributed by atoms with Crippen LogP contribution >= 0.6 is 0 Å². The van der Waals surface area contributed by atoms with E-state index in [1.54, 1.807) is 0 Å². The Balaban J connectivity index is 2.88. The van der Waals surface area contributed by atoms with Gasteiger partial charge in [-0.2, -0.15) is 0 Å². The van der Waals surface area contributed by atoms with Gasteiger partial charge in [0.1, 0.15) is 5.82 Å². The second-order valence-corrected chi connectivity index (χ2v) is 6.41. The Morgan fingerprint density at radius 2 is 2.00 bits per heavy atom. The molecule has 90 valence electrons. The van der Waals surface area contributed by atoms with Crippen LogP contribution in [0.15, 0.2) is 18.2 Å². The fourth-order valence-corrected chi connectivity index (χ4v) is 3.33. The van der Waals surface area contributed by atoms with Crippen molar-refractivity contribution >= 4 is 15.5 Å². The summed E-state index contributed by atoms with van der Waals surface area (Å²) in [5.41, 5.74) is 5.85. The molecule has 16 heavy (non-hydrogen) atoms. The van der Waals surface area contributed by atoms with Crippen LogP contribution in [0.5, 0.6) is 0 Å². The van der Waals surface area contributed by atoms with Gasteiger partial charge in [-0.3, -0.25) is 0 Å². The average molecular weight is 245 g/mol. The van der Waals surface area contributed by atoms with Gasteiger partial charge in [-0.05, 0) is 18.1 Å². The summed E-state index contributed by atoms with van der Waals surface area (Å²) in [5.74, 6) is -0.720. The Morgan fingerprint density at radius 3 is 2.50 bits per heavy atom. The number of hydrogen-bond donors (Lipinski definition) is 1. The molecule has 0 bridgehead atoms. The molecule has 1 rings (SSSR count). The van der Waals surface area contributed by atoms with E-state index in [0.29, 0.717) is 5.69 Å². The van der Waals surface area contributed by atoms with E-state index < -0.39 is 15.7 Å². The minimum Gasteiger partial charge on any atom is -0.399 e. The fourth-order valence-electron chi connectivity index (χ4n) is 1.48. The molecular formula is C11H16FNO2S. The molecule has 1 aromatic rings. The van der Waals surface area contributed by atoms with Gasteiger partial charge in [0.05, 0.1) is 11.5 Å². The van der Waals surface area contributed by atoms with E-state index in [0.717, 1.165) is 6.07 Å². The van der Waals surface area contributed by atoms with Gasteiger partial charge in [0.25, 0.3) is 0 Å². The molecule has 0 atom stereocenters. The van der Waals surface area contributed by atoms with Crippen LogP contribution in [0.2, 0.25) is 0 Å². The van der Waals surface area contributed by atoms with Crippen LogP contribution in [0.25, 0.3) is 0 Å². The van der Waals surface area contributed by atoms with Crippen molar-refractivity contribution in [2.75, 3.05) is 11.5 Å². The summed E-state index contributed by atoms with van der Waals surface area (Å²) in [4.78, 5) is 0. The third-order valence-electron chi connectivity index (χ3n) is 2.04. The van der Waals surface area contributed by atoms with Crippen LogP contribution in [0.1, 0.15) is 19.4 Å². The molecule has 0 spiro atoms. The zero-order chi connectivity index (χ0) is 12.3. The molecule has 0 heterocycles. The van der Waals surface area contributed by atoms with Crippen molar-refractivity contribution in [3.05, 3.63) is 29.6 Å². The van der Waals surface area contributed by atoms with Gasteiger partial charge in [-0.25, -0.2) is 12.8 Å². The van der Waals surface area contributed by atoms with Crippen LogP contribution in [-0.2, 0) is 15.6 Å². The normalized spacial score (nSPS) is 12.0. The van der Waals surface area contributed by atoms with E-state index in [9.17, 15) is 12.8 Å². The van der Waals surface area contributed by atoms with Crippen LogP contribution in [0, 0.1) is 11.7 Å². The maximum Gasteiger partial charge on any atom is 0.154 e. The highest BCUT2D eigenvalue weighted by Gasteiger charge is 2.16. The van der Waals surface area contributed by atoms with Gasteiger partial charge in [-0.15, -0.1) is 0 Å². The highest BCUT2D eigenvalue weighted by molar-refractivity contribution is 7.90. The molecule has 0 radical (unpaired) electrons. The molecule has 0 saturated carbocycles. The minimum absolute atomic E-state index is 0.0434. The molecule has 0 aliphatic heterocycles. The lowest BCUT2D eigenvalue weighted by Gasteiger charge is -2.08. The minimum atomic E-state index is -3.25. The largest absolute Gasteiger partial charge is 0.399 e. The van der Waals surface area contributed by atoms with Gasteiger partial charge >= 0.3 is 0 Å². The molecular weight excluding hydrogens is 229 g/mol. The number of sulfone groups is 1. The van der Waals surface area contributed by atoms with E-state index >= 15 is 0 Å². The predicted molar refractivity (Wildman–Crippen MR) is 63.1 cm³/mol. The number of hydrogen-bond acceptors (Lipinski definition) is 3. The molecule has 1 aromatic carbocycles. The van der Waals surface area contributed by atoms with Crippen molar-refractivity contribution in [3.8, 4) is 0 Å². The van der Waals surface area contributed by atoms with Gasteiger partial charge in [0.2, 0.25) is 0 Å². The molecule has 0 aliphatic carbocycles. The summed E-state index contributed by atoms with van der Waals surface area (Å²) in [7, 11) is -3.25. The van der Waals surface area contributed by atoms with E-state index in [2.05, 4.69) is 0 Å². The lowest BCUT2D eigenvalue weighted by molar-refractivity contribution is 0.575. The molecule has 0 amide bonds. The molecule has 0 fully saturated rings. The zero-order valence-corrected chi connectivity index (χ0v) is 10.2. The lowest BCUT2D eigenvalue weighted by atomic mass is 10.2. The Kier molecular flexibility index (Phi) is 3.91. The van der Waals surface area contributed by atoms with Crippen LogP contribution in [0.3, 0.4) is 0 Å². The first-order valence-electron chi connectivity index (χ1n) is 5.04. The van der Waals surface area contributed by atoms with Gasteiger partial charge in [0.15, 0.2) is 9.84 Å². The van der Waals surface area contributed by atoms with Crippen molar-refractivity contribution in [1.82, 2.24) is 0 Å². The van der Waals surface area contributed by atoms with Crippen molar-refractivity contribution in [2.24, 2.45) is 5.92 Å².